The van der Waals surface area contributed by atoms with Crippen molar-refractivity contribution in [3.05, 3.63) is 24.3 Å². The lowest BCUT2D eigenvalue weighted by Crippen LogP contribution is -2.39. The van der Waals surface area contributed by atoms with Crippen LogP contribution in [-0.2, 0) is 14.8 Å². The number of hydrogen-bond donors (Lipinski definition) is 2. The van der Waals surface area contributed by atoms with Crippen molar-refractivity contribution in [3.8, 4) is 5.75 Å². The van der Waals surface area contributed by atoms with Gasteiger partial charge in [0, 0.05) is 19.8 Å². The molecule has 0 bridgehead atoms. The minimum absolute atomic E-state index is 0.230. The Balaban J connectivity index is 1.76. The summed E-state index contributed by atoms with van der Waals surface area (Å²) < 4.78 is 37.2. The van der Waals surface area contributed by atoms with Crippen LogP contribution in [0.4, 0.5) is 5.69 Å². The Morgan fingerprint density at radius 2 is 2.00 bits per heavy atom. The van der Waals surface area contributed by atoms with Gasteiger partial charge in [0.15, 0.2) is 0 Å². The molecule has 0 saturated carbocycles. The smallest absolute Gasteiger partial charge is 0.214 e. The van der Waals surface area contributed by atoms with E-state index in [0.717, 1.165) is 0 Å². The third-order valence-electron chi connectivity index (χ3n) is 3.19. The molecule has 3 N–H and O–H groups in total. The van der Waals surface area contributed by atoms with Gasteiger partial charge in [-0.25, -0.2) is 13.1 Å². The third-order valence-corrected chi connectivity index (χ3v) is 5.14. The van der Waals surface area contributed by atoms with E-state index in [-0.39, 0.29) is 18.4 Å². The van der Waals surface area contributed by atoms with E-state index in [0.29, 0.717) is 37.5 Å². The van der Waals surface area contributed by atoms with Crippen molar-refractivity contribution in [1.29, 1.82) is 0 Å². The molecule has 1 aromatic carbocycles. The molecule has 1 aliphatic heterocycles. The lowest BCUT2D eigenvalue weighted by Gasteiger charge is -2.22. The fourth-order valence-corrected chi connectivity index (χ4v) is 3.48. The highest BCUT2D eigenvalue weighted by molar-refractivity contribution is 7.90. The SMILES string of the molecule is Nc1ccccc1OCCNS(=O)(=O)C1CCOCC1. The molecule has 7 heteroatoms. The molecule has 0 radical (unpaired) electrons. The van der Waals surface area contributed by atoms with E-state index < -0.39 is 10.0 Å². The molecule has 0 aliphatic carbocycles. The lowest BCUT2D eigenvalue weighted by atomic mass is 10.2. The van der Waals surface area contributed by atoms with E-state index in [9.17, 15) is 8.42 Å². The van der Waals surface area contributed by atoms with Gasteiger partial charge in [-0.1, -0.05) is 12.1 Å². The monoisotopic (exact) mass is 300 g/mol. The maximum absolute atomic E-state index is 12.0. The van der Waals surface area contributed by atoms with Crippen LogP contribution in [0, 0.1) is 0 Å². The summed E-state index contributed by atoms with van der Waals surface area (Å²) in [5.74, 6) is 0.567. The van der Waals surface area contributed by atoms with Gasteiger partial charge < -0.3 is 15.2 Å². The van der Waals surface area contributed by atoms with Crippen molar-refractivity contribution in [2.45, 2.75) is 18.1 Å². The molecule has 0 atom stereocenters. The van der Waals surface area contributed by atoms with Crippen molar-refractivity contribution in [3.63, 3.8) is 0 Å². The van der Waals surface area contributed by atoms with Gasteiger partial charge in [0.2, 0.25) is 10.0 Å². The van der Waals surface area contributed by atoms with Gasteiger partial charge >= 0.3 is 0 Å². The van der Waals surface area contributed by atoms with Crippen LogP contribution in [0.25, 0.3) is 0 Å². The van der Waals surface area contributed by atoms with E-state index >= 15 is 0 Å². The van der Waals surface area contributed by atoms with Crippen LogP contribution in [0.5, 0.6) is 5.75 Å². The van der Waals surface area contributed by atoms with Gasteiger partial charge in [-0.3, -0.25) is 0 Å². The van der Waals surface area contributed by atoms with Gasteiger partial charge in [0.1, 0.15) is 12.4 Å². The Morgan fingerprint density at radius 3 is 2.70 bits per heavy atom. The predicted molar refractivity (Wildman–Crippen MR) is 77.1 cm³/mol. The molecule has 0 spiro atoms. The molecule has 112 valence electrons. The fourth-order valence-electron chi connectivity index (χ4n) is 2.06. The number of rotatable bonds is 6. The summed E-state index contributed by atoms with van der Waals surface area (Å²) >= 11 is 0. The second-order valence-electron chi connectivity index (χ2n) is 4.64. The largest absolute Gasteiger partial charge is 0.490 e. The van der Waals surface area contributed by atoms with Gasteiger partial charge in [0.25, 0.3) is 0 Å². The van der Waals surface area contributed by atoms with Crippen LogP contribution < -0.4 is 15.2 Å². The first-order chi connectivity index (χ1) is 9.59. The van der Waals surface area contributed by atoms with Crippen LogP contribution in [-0.4, -0.2) is 40.0 Å². The Kier molecular flexibility index (Phi) is 5.22. The zero-order valence-corrected chi connectivity index (χ0v) is 12.1. The zero-order chi connectivity index (χ0) is 14.4. The maximum Gasteiger partial charge on any atom is 0.214 e. The predicted octanol–water partition coefficient (Wildman–Crippen LogP) is 0.746. The molecule has 6 nitrogen and oxygen atoms in total. The number of sulfonamides is 1. The van der Waals surface area contributed by atoms with Gasteiger partial charge in [-0.05, 0) is 25.0 Å². The minimum atomic E-state index is -3.29. The fraction of sp³-hybridized carbons (Fsp3) is 0.538. The summed E-state index contributed by atoms with van der Waals surface area (Å²) in [4.78, 5) is 0. The minimum Gasteiger partial charge on any atom is -0.490 e. The summed E-state index contributed by atoms with van der Waals surface area (Å²) in [6.45, 7) is 1.48. The highest BCUT2D eigenvalue weighted by Crippen LogP contribution is 2.19. The summed E-state index contributed by atoms with van der Waals surface area (Å²) in [5, 5.41) is -0.363. The summed E-state index contributed by atoms with van der Waals surface area (Å²) in [5.41, 5.74) is 6.27. The third kappa shape index (κ3) is 4.09. The first-order valence-electron chi connectivity index (χ1n) is 6.63. The molecule has 1 saturated heterocycles. The highest BCUT2D eigenvalue weighted by Gasteiger charge is 2.26. The molecule has 1 fully saturated rings. The molecule has 1 aliphatic rings. The number of benzene rings is 1. The number of hydrogen-bond acceptors (Lipinski definition) is 5. The van der Waals surface area contributed by atoms with Crippen LogP contribution in [0.3, 0.4) is 0 Å². The topological polar surface area (TPSA) is 90.6 Å². The second-order valence-corrected chi connectivity index (χ2v) is 6.68. The normalized spacial score (nSPS) is 17.0. The number of nitrogen functional groups attached to an aromatic ring is 1. The summed E-state index contributed by atoms with van der Waals surface area (Å²) in [6, 6.07) is 7.12. The Morgan fingerprint density at radius 1 is 1.30 bits per heavy atom. The van der Waals surface area contributed by atoms with Crippen LogP contribution in [0.1, 0.15) is 12.8 Å². The lowest BCUT2D eigenvalue weighted by molar-refractivity contribution is 0.0981. The average molecular weight is 300 g/mol. The molecular weight excluding hydrogens is 280 g/mol. The molecule has 0 aromatic heterocycles. The Hall–Kier alpha value is -1.31. The van der Waals surface area contributed by atoms with Crippen LogP contribution in [0.2, 0.25) is 0 Å². The van der Waals surface area contributed by atoms with E-state index in [1.807, 2.05) is 12.1 Å². The molecule has 1 heterocycles. The Bertz CT molecular complexity index is 527. The number of anilines is 1. The van der Waals surface area contributed by atoms with E-state index in [1.54, 1.807) is 12.1 Å². The van der Waals surface area contributed by atoms with Crippen LogP contribution >= 0.6 is 0 Å². The second kappa shape index (κ2) is 6.92. The number of ether oxygens (including phenoxy) is 2. The standard InChI is InChI=1S/C13H20N2O4S/c14-12-3-1-2-4-13(12)19-10-7-15-20(16,17)11-5-8-18-9-6-11/h1-4,11,15H,5-10,14H2. The van der Waals surface area contributed by atoms with Crippen molar-refractivity contribution >= 4 is 15.7 Å². The van der Waals surface area contributed by atoms with Gasteiger partial charge in [0.05, 0.1) is 10.9 Å². The summed E-state index contributed by atoms with van der Waals surface area (Å²) in [7, 11) is -3.29. The molecular formula is C13H20N2O4S. The summed E-state index contributed by atoms with van der Waals surface area (Å²) in [6.07, 6.45) is 1.09. The van der Waals surface area contributed by atoms with Crippen molar-refractivity contribution in [2.24, 2.45) is 0 Å². The number of nitrogens with two attached hydrogens (primary N) is 1. The molecule has 1 aromatic rings. The van der Waals surface area contributed by atoms with E-state index in [1.165, 1.54) is 0 Å². The first-order valence-corrected chi connectivity index (χ1v) is 8.18. The molecule has 2 rings (SSSR count). The van der Waals surface area contributed by atoms with E-state index in [2.05, 4.69) is 4.72 Å². The van der Waals surface area contributed by atoms with E-state index in [4.69, 9.17) is 15.2 Å². The van der Waals surface area contributed by atoms with Crippen LogP contribution in [0.15, 0.2) is 24.3 Å². The number of para-hydroxylation sites is 2. The average Bonchev–Trinajstić information content (AvgIpc) is 2.46. The van der Waals surface area contributed by atoms with Gasteiger partial charge in [-0.2, -0.15) is 0 Å². The Labute approximate surface area is 119 Å². The highest BCUT2D eigenvalue weighted by atomic mass is 32.2. The van der Waals surface area contributed by atoms with Crippen molar-refractivity contribution in [2.75, 3.05) is 32.1 Å². The maximum atomic E-state index is 12.0. The zero-order valence-electron chi connectivity index (χ0n) is 11.2. The van der Waals surface area contributed by atoms with Crippen molar-refractivity contribution < 1.29 is 17.9 Å². The quantitative estimate of drug-likeness (QED) is 0.597. The number of nitrogens with one attached hydrogen (secondary N) is 1. The van der Waals surface area contributed by atoms with Crippen molar-refractivity contribution in [1.82, 2.24) is 4.72 Å². The molecule has 0 amide bonds. The van der Waals surface area contributed by atoms with Gasteiger partial charge in [-0.15, -0.1) is 0 Å². The molecule has 20 heavy (non-hydrogen) atoms. The first kappa shape index (κ1) is 15.1. The molecule has 0 unspecified atom stereocenters.